The van der Waals surface area contributed by atoms with Gasteiger partial charge in [0.25, 0.3) is 0 Å². The first kappa shape index (κ1) is 9.25. The Morgan fingerprint density at radius 3 is 2.85 bits per heavy atom. The number of rotatable bonds is 2. The highest BCUT2D eigenvalue weighted by Crippen LogP contribution is 2.15. The standard InChI is InChI=1S/C9H10N2O2/c1-7(12)13-9-5-3-2-4-8(9)6-11-10/h2-6H,10H2,1H3/b11-6-. The molecule has 1 aromatic carbocycles. The third-order valence-electron chi connectivity index (χ3n) is 1.39. The number of nitrogens with two attached hydrogens (primary N) is 1. The molecule has 0 unspecified atom stereocenters. The van der Waals surface area contributed by atoms with Crippen molar-refractivity contribution in [1.29, 1.82) is 0 Å². The summed E-state index contributed by atoms with van der Waals surface area (Å²) in [6.45, 7) is 1.34. The molecule has 0 aromatic heterocycles. The van der Waals surface area contributed by atoms with E-state index in [4.69, 9.17) is 10.6 Å². The van der Waals surface area contributed by atoms with Crippen molar-refractivity contribution < 1.29 is 9.53 Å². The monoisotopic (exact) mass is 178 g/mol. The lowest BCUT2D eigenvalue weighted by molar-refractivity contribution is -0.131. The highest BCUT2D eigenvalue weighted by Gasteiger charge is 2.02. The van der Waals surface area contributed by atoms with Crippen LogP contribution in [0, 0.1) is 0 Å². The quantitative estimate of drug-likeness (QED) is 0.240. The largest absolute Gasteiger partial charge is 0.426 e. The Bertz CT molecular complexity index is 334. The van der Waals surface area contributed by atoms with E-state index in [0.29, 0.717) is 11.3 Å². The number of ether oxygens (including phenoxy) is 1. The number of carbonyl (C=O) groups is 1. The van der Waals surface area contributed by atoms with Gasteiger partial charge in [0.2, 0.25) is 0 Å². The van der Waals surface area contributed by atoms with Crippen molar-refractivity contribution in [1.82, 2.24) is 0 Å². The molecule has 0 saturated heterocycles. The van der Waals surface area contributed by atoms with Crippen LogP contribution in [0.15, 0.2) is 29.4 Å². The third-order valence-corrected chi connectivity index (χ3v) is 1.39. The lowest BCUT2D eigenvalue weighted by atomic mass is 10.2. The summed E-state index contributed by atoms with van der Waals surface area (Å²) in [7, 11) is 0. The Kier molecular flexibility index (Phi) is 3.03. The van der Waals surface area contributed by atoms with E-state index in [2.05, 4.69) is 5.10 Å². The van der Waals surface area contributed by atoms with Gasteiger partial charge in [0.15, 0.2) is 0 Å². The molecule has 0 heterocycles. The predicted molar refractivity (Wildman–Crippen MR) is 49.5 cm³/mol. The summed E-state index contributed by atoms with van der Waals surface area (Å²) in [5.74, 6) is 5.09. The van der Waals surface area contributed by atoms with Gasteiger partial charge in [-0.2, -0.15) is 5.10 Å². The summed E-state index contributed by atoms with van der Waals surface area (Å²) in [5.41, 5.74) is 0.681. The van der Waals surface area contributed by atoms with Crippen LogP contribution in [0.3, 0.4) is 0 Å². The minimum absolute atomic E-state index is 0.363. The van der Waals surface area contributed by atoms with Crippen LogP contribution in [-0.2, 0) is 4.79 Å². The van der Waals surface area contributed by atoms with Crippen LogP contribution in [0.4, 0.5) is 0 Å². The van der Waals surface area contributed by atoms with Gasteiger partial charge in [0.1, 0.15) is 5.75 Å². The minimum Gasteiger partial charge on any atom is -0.426 e. The van der Waals surface area contributed by atoms with Gasteiger partial charge >= 0.3 is 5.97 Å². The normalized spacial score (nSPS) is 10.2. The molecule has 2 N–H and O–H groups in total. The van der Waals surface area contributed by atoms with Crippen molar-refractivity contribution in [2.75, 3.05) is 0 Å². The van der Waals surface area contributed by atoms with Crippen molar-refractivity contribution >= 4 is 12.2 Å². The van der Waals surface area contributed by atoms with E-state index < -0.39 is 0 Å². The molecule has 0 bridgehead atoms. The molecule has 0 amide bonds. The van der Waals surface area contributed by atoms with E-state index in [0.717, 1.165) is 0 Å². The van der Waals surface area contributed by atoms with Gasteiger partial charge in [-0.3, -0.25) is 4.79 Å². The Hall–Kier alpha value is -1.84. The zero-order valence-corrected chi connectivity index (χ0v) is 7.23. The van der Waals surface area contributed by atoms with E-state index in [9.17, 15) is 4.79 Å². The maximum atomic E-state index is 10.7. The zero-order valence-electron chi connectivity index (χ0n) is 7.23. The second-order valence-electron chi connectivity index (χ2n) is 2.41. The molecule has 0 aliphatic carbocycles. The molecular weight excluding hydrogens is 168 g/mol. The summed E-state index contributed by atoms with van der Waals surface area (Å²) >= 11 is 0. The molecule has 0 fully saturated rings. The summed E-state index contributed by atoms with van der Waals surface area (Å²) in [6.07, 6.45) is 1.43. The average Bonchev–Trinajstić information content (AvgIpc) is 2.08. The van der Waals surface area contributed by atoms with Crippen molar-refractivity contribution in [2.24, 2.45) is 10.9 Å². The topological polar surface area (TPSA) is 64.7 Å². The summed E-state index contributed by atoms with van der Waals surface area (Å²) in [6, 6.07) is 7.02. The highest BCUT2D eigenvalue weighted by molar-refractivity contribution is 5.84. The molecular formula is C9H10N2O2. The summed E-state index contributed by atoms with van der Waals surface area (Å²) in [5, 5.41) is 3.36. The molecule has 0 atom stereocenters. The van der Waals surface area contributed by atoms with E-state index in [1.807, 2.05) is 6.07 Å². The molecule has 0 aliphatic rings. The third kappa shape index (κ3) is 2.59. The first-order valence-corrected chi connectivity index (χ1v) is 3.74. The number of esters is 1. The van der Waals surface area contributed by atoms with Gasteiger partial charge < -0.3 is 10.6 Å². The number of hydrogen-bond donors (Lipinski definition) is 1. The highest BCUT2D eigenvalue weighted by atomic mass is 16.5. The number of hydrazone groups is 1. The van der Waals surface area contributed by atoms with Gasteiger partial charge in [0.05, 0.1) is 6.21 Å². The molecule has 1 aromatic rings. The molecule has 13 heavy (non-hydrogen) atoms. The van der Waals surface area contributed by atoms with Crippen LogP contribution >= 0.6 is 0 Å². The van der Waals surface area contributed by atoms with Crippen molar-refractivity contribution in [3.8, 4) is 5.75 Å². The Labute approximate surface area is 76.0 Å². The lowest BCUT2D eigenvalue weighted by Crippen LogP contribution is -2.03. The molecule has 4 nitrogen and oxygen atoms in total. The Morgan fingerprint density at radius 2 is 2.23 bits per heavy atom. The van der Waals surface area contributed by atoms with E-state index in [1.54, 1.807) is 18.2 Å². The fourth-order valence-corrected chi connectivity index (χ4v) is 0.915. The zero-order chi connectivity index (χ0) is 9.68. The average molecular weight is 178 g/mol. The molecule has 0 spiro atoms. The maximum absolute atomic E-state index is 10.7. The van der Waals surface area contributed by atoms with Crippen LogP contribution in [0.25, 0.3) is 0 Å². The molecule has 68 valence electrons. The van der Waals surface area contributed by atoms with Gasteiger partial charge in [-0.1, -0.05) is 12.1 Å². The van der Waals surface area contributed by atoms with E-state index in [-0.39, 0.29) is 5.97 Å². The van der Waals surface area contributed by atoms with Gasteiger partial charge in [-0.05, 0) is 12.1 Å². The van der Waals surface area contributed by atoms with Crippen molar-refractivity contribution in [2.45, 2.75) is 6.92 Å². The Morgan fingerprint density at radius 1 is 1.54 bits per heavy atom. The number of carbonyl (C=O) groups excluding carboxylic acids is 1. The number of para-hydroxylation sites is 1. The maximum Gasteiger partial charge on any atom is 0.308 e. The molecule has 0 radical (unpaired) electrons. The summed E-state index contributed by atoms with van der Waals surface area (Å²) < 4.78 is 4.91. The van der Waals surface area contributed by atoms with Crippen LogP contribution in [0.5, 0.6) is 5.75 Å². The van der Waals surface area contributed by atoms with Crippen molar-refractivity contribution in [3.05, 3.63) is 29.8 Å². The first-order chi connectivity index (χ1) is 6.24. The van der Waals surface area contributed by atoms with Crippen LogP contribution < -0.4 is 10.6 Å². The van der Waals surface area contributed by atoms with Gasteiger partial charge in [0, 0.05) is 12.5 Å². The van der Waals surface area contributed by atoms with E-state index in [1.165, 1.54) is 13.1 Å². The van der Waals surface area contributed by atoms with Gasteiger partial charge in [-0.25, -0.2) is 0 Å². The molecule has 1 rings (SSSR count). The van der Waals surface area contributed by atoms with Gasteiger partial charge in [-0.15, -0.1) is 0 Å². The lowest BCUT2D eigenvalue weighted by Gasteiger charge is -2.03. The molecule has 0 saturated carbocycles. The van der Waals surface area contributed by atoms with E-state index >= 15 is 0 Å². The molecule has 4 heteroatoms. The summed E-state index contributed by atoms with van der Waals surface area (Å²) in [4.78, 5) is 10.7. The predicted octanol–water partition coefficient (Wildman–Crippen LogP) is 0.905. The second kappa shape index (κ2) is 4.25. The van der Waals surface area contributed by atoms with Crippen LogP contribution in [0.1, 0.15) is 12.5 Å². The Balaban J connectivity index is 2.97. The molecule has 0 aliphatic heterocycles. The fraction of sp³-hybridized carbons (Fsp3) is 0.111. The second-order valence-corrected chi connectivity index (χ2v) is 2.41. The number of benzene rings is 1. The smallest absolute Gasteiger partial charge is 0.308 e. The number of nitrogens with zero attached hydrogens (tertiary/aromatic N) is 1. The fourth-order valence-electron chi connectivity index (χ4n) is 0.915. The first-order valence-electron chi connectivity index (χ1n) is 3.74. The van der Waals surface area contributed by atoms with Crippen LogP contribution in [-0.4, -0.2) is 12.2 Å². The van der Waals surface area contributed by atoms with Crippen LogP contribution in [0.2, 0.25) is 0 Å². The SMILES string of the molecule is CC(=O)Oc1ccccc1/C=N\N. The number of hydrogen-bond acceptors (Lipinski definition) is 4. The van der Waals surface area contributed by atoms with Crippen molar-refractivity contribution in [3.63, 3.8) is 0 Å². The minimum atomic E-state index is -0.363.